The van der Waals surface area contributed by atoms with Crippen molar-refractivity contribution in [2.24, 2.45) is 0 Å². The molecule has 0 unspecified atom stereocenters. The third-order valence-electron chi connectivity index (χ3n) is 7.06. The summed E-state index contributed by atoms with van der Waals surface area (Å²) in [4.78, 5) is 14.9. The molecule has 0 heterocycles. The van der Waals surface area contributed by atoms with Gasteiger partial charge in [0.15, 0.2) is 0 Å². The predicted octanol–water partition coefficient (Wildman–Crippen LogP) is 7.65. The third-order valence-corrected chi connectivity index (χ3v) is 7.06. The maximum absolute atomic E-state index is 13.4. The van der Waals surface area contributed by atoms with Crippen molar-refractivity contribution in [2.75, 3.05) is 26.2 Å². The van der Waals surface area contributed by atoms with E-state index >= 15 is 0 Å². The molecule has 6 heteroatoms. The van der Waals surface area contributed by atoms with E-state index in [-0.39, 0.29) is 23.4 Å². The van der Waals surface area contributed by atoms with Crippen LogP contribution in [0.25, 0.3) is 0 Å². The van der Waals surface area contributed by atoms with Gasteiger partial charge in [-0.2, -0.15) is 0 Å². The van der Waals surface area contributed by atoms with Crippen LogP contribution in [0.2, 0.25) is 0 Å². The van der Waals surface area contributed by atoms with Crippen LogP contribution in [0.1, 0.15) is 74.5 Å². The van der Waals surface area contributed by atoms with E-state index in [1.807, 2.05) is 0 Å². The smallest absolute Gasteiger partial charge is 0.132 e. The zero-order valence-corrected chi connectivity index (χ0v) is 23.0. The second kappa shape index (κ2) is 16.9. The fourth-order valence-corrected chi connectivity index (χ4v) is 4.94. The number of carbonyl (C=O) groups is 1. The topological polar surface area (TPSA) is 32.3 Å². The number of nitrogens with zero attached hydrogens (tertiary/aromatic N) is 1. The zero-order valence-electron chi connectivity index (χ0n) is 23.0. The summed E-state index contributed by atoms with van der Waals surface area (Å²) >= 11 is 0. The van der Waals surface area contributed by atoms with Gasteiger partial charge >= 0.3 is 0 Å². The van der Waals surface area contributed by atoms with E-state index in [1.165, 1.54) is 36.4 Å². The van der Waals surface area contributed by atoms with Crippen molar-refractivity contribution in [3.63, 3.8) is 0 Å². The Morgan fingerprint density at radius 3 is 1.82 bits per heavy atom. The molecule has 3 rings (SSSR count). The van der Waals surface area contributed by atoms with Crippen LogP contribution in [-0.2, 0) is 11.3 Å². The minimum Gasteiger partial charge on any atom is -0.311 e. The molecule has 39 heavy (non-hydrogen) atoms. The average Bonchev–Trinajstić information content (AvgIpc) is 2.93. The Morgan fingerprint density at radius 2 is 1.26 bits per heavy atom. The van der Waals surface area contributed by atoms with Crippen molar-refractivity contribution >= 4 is 5.78 Å². The molecule has 0 saturated heterocycles. The minimum atomic E-state index is -0.277. The summed E-state index contributed by atoms with van der Waals surface area (Å²) < 4.78 is 39.9. The van der Waals surface area contributed by atoms with E-state index in [0.29, 0.717) is 25.2 Å². The Morgan fingerprint density at radius 1 is 0.718 bits per heavy atom. The molecule has 0 saturated carbocycles. The van der Waals surface area contributed by atoms with E-state index in [9.17, 15) is 18.0 Å². The number of nitrogens with one attached hydrogen (secondary N) is 1. The lowest BCUT2D eigenvalue weighted by molar-refractivity contribution is -0.119. The Bertz CT molecular complexity index is 1060. The second-order valence-electron chi connectivity index (χ2n) is 10.2. The number of Topliss-reactive ketones (excluding diaryl/α,β-unsaturated/α-hetero) is 1. The molecular weight excluding hydrogens is 497 g/mol. The van der Waals surface area contributed by atoms with Crippen LogP contribution in [0.5, 0.6) is 0 Å². The van der Waals surface area contributed by atoms with Gasteiger partial charge in [0.05, 0.1) is 0 Å². The number of hydrogen-bond donors (Lipinski definition) is 1. The highest BCUT2D eigenvalue weighted by molar-refractivity contribution is 5.78. The van der Waals surface area contributed by atoms with Gasteiger partial charge in [-0.25, -0.2) is 13.2 Å². The number of carbonyl (C=O) groups excluding carboxylic acids is 1. The lowest BCUT2D eigenvalue weighted by atomic mass is 9.86. The Kier molecular flexibility index (Phi) is 13.2. The zero-order chi connectivity index (χ0) is 27.9. The normalized spacial score (nSPS) is 11.4. The lowest BCUT2D eigenvalue weighted by Gasteiger charge is -2.21. The van der Waals surface area contributed by atoms with Crippen LogP contribution in [0.15, 0.2) is 72.8 Å². The third kappa shape index (κ3) is 11.4. The number of halogens is 3. The van der Waals surface area contributed by atoms with Crippen molar-refractivity contribution in [1.29, 1.82) is 0 Å². The maximum atomic E-state index is 13.4. The van der Waals surface area contributed by atoms with E-state index in [2.05, 4.69) is 17.1 Å². The van der Waals surface area contributed by atoms with E-state index in [1.54, 1.807) is 36.4 Å². The summed E-state index contributed by atoms with van der Waals surface area (Å²) in [5.74, 6) is -0.440. The van der Waals surface area contributed by atoms with E-state index in [0.717, 1.165) is 75.0 Å². The van der Waals surface area contributed by atoms with Crippen molar-refractivity contribution in [3.05, 3.63) is 107 Å². The van der Waals surface area contributed by atoms with Gasteiger partial charge in [0.2, 0.25) is 0 Å². The standard InChI is InChI=1S/C33H41F3N2O/c1-2-22-38(24-21-37-25-26-9-15-29(34)16-10-26)23-5-7-32(39)6-3-4-8-33(27-11-17-30(35)18-12-27)28-13-19-31(36)20-14-28/h9-20,33,37H,2-8,21-25H2,1H3. The first-order valence-electron chi connectivity index (χ1n) is 14.1. The fraction of sp³-hybridized carbons (Fsp3) is 0.424. The van der Waals surface area contributed by atoms with Gasteiger partial charge in [0.25, 0.3) is 0 Å². The quantitative estimate of drug-likeness (QED) is 0.169. The molecule has 0 bridgehead atoms. The highest BCUT2D eigenvalue weighted by Crippen LogP contribution is 2.30. The lowest BCUT2D eigenvalue weighted by Crippen LogP contribution is -2.33. The molecule has 0 aliphatic carbocycles. The first kappa shape index (κ1) is 30.6. The van der Waals surface area contributed by atoms with E-state index in [4.69, 9.17) is 0 Å². The summed E-state index contributed by atoms with van der Waals surface area (Å²) in [7, 11) is 0. The number of hydrogen-bond acceptors (Lipinski definition) is 3. The van der Waals surface area contributed by atoms with Crippen molar-refractivity contribution in [2.45, 2.75) is 64.3 Å². The molecule has 0 atom stereocenters. The summed E-state index contributed by atoms with van der Waals surface area (Å²) in [5, 5.41) is 3.41. The van der Waals surface area contributed by atoms with Gasteiger partial charge in [0, 0.05) is 38.4 Å². The summed E-state index contributed by atoms with van der Waals surface area (Å²) in [6.07, 6.45) is 5.56. The average molecular weight is 539 g/mol. The van der Waals surface area contributed by atoms with Crippen LogP contribution in [0.3, 0.4) is 0 Å². The molecule has 210 valence electrons. The van der Waals surface area contributed by atoms with Gasteiger partial charge in [-0.3, -0.25) is 4.79 Å². The van der Waals surface area contributed by atoms with Gasteiger partial charge in [-0.1, -0.05) is 49.7 Å². The van der Waals surface area contributed by atoms with Crippen LogP contribution in [0.4, 0.5) is 13.2 Å². The van der Waals surface area contributed by atoms with Gasteiger partial charge in [-0.05, 0) is 91.9 Å². The summed E-state index contributed by atoms with van der Waals surface area (Å²) in [5.41, 5.74) is 3.06. The van der Waals surface area contributed by atoms with Crippen molar-refractivity contribution in [1.82, 2.24) is 10.2 Å². The van der Waals surface area contributed by atoms with Crippen LogP contribution >= 0.6 is 0 Å². The SMILES string of the molecule is CCCN(CCCC(=O)CCCCC(c1ccc(F)cc1)c1ccc(F)cc1)CCNCc1ccc(F)cc1. The summed E-state index contributed by atoms with van der Waals surface area (Å²) in [6.45, 7) is 6.53. The highest BCUT2D eigenvalue weighted by atomic mass is 19.1. The highest BCUT2D eigenvalue weighted by Gasteiger charge is 2.15. The molecular formula is C33H41F3N2O. The first-order valence-corrected chi connectivity index (χ1v) is 14.1. The summed E-state index contributed by atoms with van der Waals surface area (Å²) in [6, 6.07) is 19.5. The molecule has 0 amide bonds. The van der Waals surface area contributed by atoms with Crippen LogP contribution < -0.4 is 5.32 Å². The first-order chi connectivity index (χ1) is 18.9. The second-order valence-corrected chi connectivity index (χ2v) is 10.2. The van der Waals surface area contributed by atoms with Crippen LogP contribution in [-0.4, -0.2) is 36.9 Å². The number of unbranched alkanes of at least 4 members (excludes halogenated alkanes) is 1. The molecule has 0 fully saturated rings. The Labute approximate surface area is 231 Å². The Hall–Kier alpha value is -2.96. The van der Waals surface area contributed by atoms with Gasteiger partial charge < -0.3 is 10.2 Å². The monoisotopic (exact) mass is 538 g/mol. The van der Waals surface area contributed by atoms with Crippen LogP contribution in [0, 0.1) is 17.5 Å². The van der Waals surface area contributed by atoms with Crippen molar-refractivity contribution < 1.29 is 18.0 Å². The molecule has 3 aromatic carbocycles. The number of benzene rings is 3. The molecule has 0 radical (unpaired) electrons. The van der Waals surface area contributed by atoms with Gasteiger partial charge in [0.1, 0.15) is 23.2 Å². The van der Waals surface area contributed by atoms with E-state index < -0.39 is 0 Å². The largest absolute Gasteiger partial charge is 0.311 e. The molecule has 1 N–H and O–H groups in total. The molecule has 0 aliphatic heterocycles. The number of rotatable bonds is 18. The maximum Gasteiger partial charge on any atom is 0.132 e. The molecule has 0 aromatic heterocycles. The fourth-order valence-electron chi connectivity index (χ4n) is 4.94. The number of ketones is 1. The minimum absolute atomic E-state index is 0.0422. The molecule has 0 spiro atoms. The van der Waals surface area contributed by atoms with Crippen molar-refractivity contribution in [3.8, 4) is 0 Å². The molecule has 3 aromatic rings. The molecule has 3 nitrogen and oxygen atoms in total. The predicted molar refractivity (Wildman–Crippen MR) is 152 cm³/mol. The Balaban J connectivity index is 1.35. The molecule has 0 aliphatic rings. The van der Waals surface area contributed by atoms with Gasteiger partial charge in [-0.15, -0.1) is 0 Å².